The number of methoxy groups -OCH3 is 1. The first-order valence-corrected chi connectivity index (χ1v) is 9.11. The number of alkyl halides is 1. The Morgan fingerprint density at radius 3 is 2.55 bits per heavy atom. The number of aromatic nitrogens is 1. The van der Waals surface area contributed by atoms with E-state index in [0.717, 1.165) is 0 Å². The van der Waals surface area contributed by atoms with E-state index >= 15 is 0 Å². The van der Waals surface area contributed by atoms with Crippen LogP contribution in [0, 0.1) is 5.82 Å². The van der Waals surface area contributed by atoms with Gasteiger partial charge in [0, 0.05) is 11.1 Å². The fourth-order valence-corrected chi connectivity index (χ4v) is 2.70. The van der Waals surface area contributed by atoms with E-state index in [9.17, 15) is 14.0 Å². The second kappa shape index (κ2) is 9.16. The van der Waals surface area contributed by atoms with Crippen molar-refractivity contribution in [3.63, 3.8) is 0 Å². The van der Waals surface area contributed by atoms with E-state index in [1.54, 1.807) is 42.5 Å². The smallest absolute Gasteiger partial charge is 0.255 e. The van der Waals surface area contributed by atoms with Crippen LogP contribution in [0.4, 0.5) is 15.8 Å². The second-order valence-electron chi connectivity index (χ2n) is 5.96. The molecule has 0 spiro atoms. The minimum Gasteiger partial charge on any atom is -0.495 e. The van der Waals surface area contributed by atoms with Gasteiger partial charge in [0.05, 0.1) is 30.4 Å². The SMILES string of the molecule is COc1ccc(C(=O)Nc2ccc(-c3ccccc3F)nc2)cc1NC(=O)CCl. The largest absolute Gasteiger partial charge is 0.495 e. The summed E-state index contributed by atoms with van der Waals surface area (Å²) in [6, 6.07) is 14.2. The van der Waals surface area contributed by atoms with Crippen molar-refractivity contribution in [2.75, 3.05) is 23.6 Å². The molecule has 0 saturated carbocycles. The molecule has 2 aromatic carbocycles. The highest BCUT2D eigenvalue weighted by Crippen LogP contribution is 2.26. The summed E-state index contributed by atoms with van der Waals surface area (Å²) in [7, 11) is 1.45. The average molecular weight is 414 g/mol. The van der Waals surface area contributed by atoms with Gasteiger partial charge >= 0.3 is 0 Å². The third-order valence-electron chi connectivity index (χ3n) is 4.03. The van der Waals surface area contributed by atoms with Crippen LogP contribution in [0.1, 0.15) is 10.4 Å². The van der Waals surface area contributed by atoms with Gasteiger partial charge in [0.1, 0.15) is 17.4 Å². The number of hydrogen-bond donors (Lipinski definition) is 2. The van der Waals surface area contributed by atoms with Crippen molar-refractivity contribution in [3.8, 4) is 17.0 Å². The number of nitrogens with zero attached hydrogens (tertiary/aromatic N) is 1. The monoisotopic (exact) mass is 413 g/mol. The molecule has 0 bridgehead atoms. The van der Waals surface area contributed by atoms with Gasteiger partial charge in [-0.15, -0.1) is 11.6 Å². The second-order valence-corrected chi connectivity index (χ2v) is 6.23. The Hall–Kier alpha value is -3.45. The Kier molecular flexibility index (Phi) is 6.41. The molecule has 0 radical (unpaired) electrons. The molecule has 0 aliphatic heterocycles. The lowest BCUT2D eigenvalue weighted by Crippen LogP contribution is -2.16. The molecule has 6 nitrogen and oxygen atoms in total. The van der Waals surface area contributed by atoms with Crippen LogP contribution in [0.2, 0.25) is 0 Å². The van der Waals surface area contributed by atoms with E-state index in [-0.39, 0.29) is 11.7 Å². The minimum atomic E-state index is -0.421. The van der Waals surface area contributed by atoms with Gasteiger partial charge in [0.15, 0.2) is 0 Å². The normalized spacial score (nSPS) is 10.3. The van der Waals surface area contributed by atoms with Gasteiger partial charge in [0.2, 0.25) is 5.91 Å². The summed E-state index contributed by atoms with van der Waals surface area (Å²) in [5.41, 5.74) is 1.90. The number of ether oxygens (including phenoxy) is 1. The number of halogens is 2. The minimum absolute atomic E-state index is 0.223. The third-order valence-corrected chi connectivity index (χ3v) is 4.27. The predicted molar refractivity (Wildman–Crippen MR) is 110 cm³/mol. The number of hydrogen-bond acceptors (Lipinski definition) is 4. The standard InChI is InChI=1S/C21H17ClFN3O3/c1-29-19-9-6-13(10-18(19)26-20(27)11-22)21(28)25-14-7-8-17(24-12-14)15-4-2-3-5-16(15)23/h2-10,12H,11H2,1H3,(H,25,28)(H,26,27). The predicted octanol–water partition coefficient (Wildman–Crippen LogP) is 4.33. The maximum Gasteiger partial charge on any atom is 0.255 e. The molecule has 0 atom stereocenters. The molecule has 3 aromatic rings. The Morgan fingerprint density at radius 1 is 1.10 bits per heavy atom. The first-order chi connectivity index (χ1) is 14.0. The molecule has 0 fully saturated rings. The molecule has 148 valence electrons. The average Bonchev–Trinajstić information content (AvgIpc) is 2.74. The number of benzene rings is 2. The van der Waals surface area contributed by atoms with E-state index < -0.39 is 11.8 Å². The van der Waals surface area contributed by atoms with Crippen LogP contribution in [0.25, 0.3) is 11.3 Å². The van der Waals surface area contributed by atoms with Crippen molar-refractivity contribution in [1.82, 2.24) is 4.98 Å². The molecular weight excluding hydrogens is 397 g/mol. The highest BCUT2D eigenvalue weighted by atomic mass is 35.5. The van der Waals surface area contributed by atoms with Crippen molar-refractivity contribution in [2.24, 2.45) is 0 Å². The zero-order valence-electron chi connectivity index (χ0n) is 15.4. The van der Waals surface area contributed by atoms with E-state index in [1.165, 1.54) is 25.4 Å². The molecular formula is C21H17ClFN3O3. The van der Waals surface area contributed by atoms with Gasteiger partial charge in [0.25, 0.3) is 5.91 Å². The first kappa shape index (κ1) is 20.3. The number of nitrogens with one attached hydrogen (secondary N) is 2. The lowest BCUT2D eigenvalue weighted by molar-refractivity contribution is -0.113. The zero-order chi connectivity index (χ0) is 20.8. The Morgan fingerprint density at radius 2 is 1.90 bits per heavy atom. The van der Waals surface area contributed by atoms with Gasteiger partial charge in [-0.1, -0.05) is 12.1 Å². The Balaban J connectivity index is 1.77. The molecule has 2 N–H and O–H groups in total. The topological polar surface area (TPSA) is 80.3 Å². The molecule has 3 rings (SSSR count). The van der Waals surface area contributed by atoms with E-state index in [1.807, 2.05) is 0 Å². The summed E-state index contributed by atoms with van der Waals surface area (Å²) in [6.45, 7) is 0. The maximum atomic E-state index is 13.9. The van der Waals surface area contributed by atoms with Gasteiger partial charge < -0.3 is 15.4 Å². The molecule has 1 aromatic heterocycles. The highest BCUT2D eigenvalue weighted by Gasteiger charge is 2.13. The molecule has 1 heterocycles. The molecule has 8 heteroatoms. The van der Waals surface area contributed by atoms with Crippen LogP contribution in [0.15, 0.2) is 60.8 Å². The molecule has 0 aliphatic rings. The number of pyridine rings is 1. The number of rotatable bonds is 6. The molecule has 29 heavy (non-hydrogen) atoms. The maximum absolute atomic E-state index is 13.9. The summed E-state index contributed by atoms with van der Waals surface area (Å²) in [6.07, 6.45) is 1.44. The van der Waals surface area contributed by atoms with Crippen molar-refractivity contribution in [3.05, 3.63) is 72.2 Å². The first-order valence-electron chi connectivity index (χ1n) is 8.58. The van der Waals surface area contributed by atoms with Crippen molar-refractivity contribution < 1.29 is 18.7 Å². The zero-order valence-corrected chi connectivity index (χ0v) is 16.2. The Bertz CT molecular complexity index is 1040. The van der Waals surface area contributed by atoms with Gasteiger partial charge in [-0.25, -0.2) is 4.39 Å². The van der Waals surface area contributed by atoms with Crippen molar-refractivity contribution >= 4 is 34.8 Å². The quantitative estimate of drug-likeness (QED) is 0.589. The van der Waals surface area contributed by atoms with Gasteiger partial charge in [-0.3, -0.25) is 14.6 Å². The fraction of sp³-hybridized carbons (Fsp3) is 0.0952. The van der Waals surface area contributed by atoms with Crippen LogP contribution in [0.3, 0.4) is 0 Å². The van der Waals surface area contributed by atoms with Gasteiger partial charge in [-0.05, 0) is 42.5 Å². The molecule has 2 amide bonds. The molecule has 0 unspecified atom stereocenters. The number of carbonyl (C=O) groups excluding carboxylic acids is 2. The number of carbonyl (C=O) groups is 2. The Labute approximate surface area is 171 Å². The van der Waals surface area contributed by atoms with Crippen LogP contribution < -0.4 is 15.4 Å². The van der Waals surface area contributed by atoms with Crippen molar-refractivity contribution in [1.29, 1.82) is 0 Å². The summed E-state index contributed by atoms with van der Waals surface area (Å²) >= 11 is 5.51. The number of anilines is 2. The van der Waals surface area contributed by atoms with E-state index in [2.05, 4.69) is 15.6 Å². The van der Waals surface area contributed by atoms with Crippen LogP contribution in [-0.2, 0) is 4.79 Å². The lowest BCUT2D eigenvalue weighted by atomic mass is 10.1. The molecule has 0 saturated heterocycles. The fourth-order valence-electron chi connectivity index (χ4n) is 2.63. The number of amides is 2. The molecule has 0 aliphatic carbocycles. The highest BCUT2D eigenvalue weighted by molar-refractivity contribution is 6.29. The summed E-state index contributed by atoms with van der Waals surface area (Å²) in [5.74, 6) is -1.03. The third kappa shape index (κ3) is 4.89. The van der Waals surface area contributed by atoms with Gasteiger partial charge in [-0.2, -0.15) is 0 Å². The van der Waals surface area contributed by atoms with E-state index in [4.69, 9.17) is 16.3 Å². The van der Waals surface area contributed by atoms with Crippen molar-refractivity contribution in [2.45, 2.75) is 0 Å². The summed E-state index contributed by atoms with van der Waals surface area (Å²) in [5, 5.41) is 5.29. The van der Waals surface area contributed by atoms with Crippen LogP contribution in [0.5, 0.6) is 5.75 Å². The summed E-state index contributed by atoms with van der Waals surface area (Å²) < 4.78 is 19.0. The van der Waals surface area contributed by atoms with Crippen LogP contribution in [-0.4, -0.2) is 29.8 Å². The summed E-state index contributed by atoms with van der Waals surface area (Å²) in [4.78, 5) is 28.3. The lowest BCUT2D eigenvalue weighted by Gasteiger charge is -2.12. The van der Waals surface area contributed by atoms with E-state index in [0.29, 0.717) is 33.9 Å². The van der Waals surface area contributed by atoms with Crippen LogP contribution >= 0.6 is 11.6 Å².